The Morgan fingerprint density at radius 1 is 1.21 bits per heavy atom. The number of aromatic hydroxyl groups is 1. The molecule has 7 heteroatoms. The number of carbonyl (C=O) groups is 1. The number of phenols is 1. The quantitative estimate of drug-likeness (QED) is 0.846. The van der Waals surface area contributed by atoms with Crippen LogP contribution in [0.2, 0.25) is 0 Å². The molecule has 0 aliphatic heterocycles. The van der Waals surface area contributed by atoms with Crippen molar-refractivity contribution in [2.45, 2.75) is 24.8 Å². The summed E-state index contributed by atoms with van der Waals surface area (Å²) in [5.74, 6) is -1.62. The molecule has 2 N–H and O–H groups in total. The molecule has 0 amide bonds. The molecule has 0 heterocycles. The summed E-state index contributed by atoms with van der Waals surface area (Å²) in [4.78, 5) is 11.1. The molecule has 0 aliphatic rings. The first-order valence-corrected chi connectivity index (χ1v) is 7.11. The minimum atomic E-state index is -3.90. The lowest BCUT2D eigenvalue weighted by Gasteiger charge is -2.26. The summed E-state index contributed by atoms with van der Waals surface area (Å²) < 4.78 is 25.4. The monoisotopic (exact) mass is 287 g/mol. The first-order chi connectivity index (χ1) is 8.67. The van der Waals surface area contributed by atoms with E-state index >= 15 is 0 Å². The van der Waals surface area contributed by atoms with E-state index in [0.29, 0.717) is 0 Å². The lowest BCUT2D eigenvalue weighted by Crippen LogP contribution is -2.45. The average molecular weight is 287 g/mol. The Hall–Kier alpha value is -1.60. The second kappa shape index (κ2) is 5.58. The van der Waals surface area contributed by atoms with Crippen molar-refractivity contribution in [3.63, 3.8) is 0 Å². The predicted molar refractivity (Wildman–Crippen MR) is 69.3 cm³/mol. The van der Waals surface area contributed by atoms with Crippen molar-refractivity contribution < 1.29 is 23.4 Å². The van der Waals surface area contributed by atoms with Gasteiger partial charge in [-0.2, -0.15) is 4.31 Å². The van der Waals surface area contributed by atoms with Crippen LogP contribution in [0.1, 0.15) is 13.8 Å². The molecule has 106 valence electrons. The smallest absolute Gasteiger partial charge is 0.322 e. The first kappa shape index (κ1) is 15.5. The van der Waals surface area contributed by atoms with Crippen molar-refractivity contribution in [1.82, 2.24) is 4.31 Å². The van der Waals surface area contributed by atoms with Gasteiger partial charge in [-0.1, -0.05) is 13.8 Å². The molecule has 1 aromatic carbocycles. The lowest BCUT2D eigenvalue weighted by atomic mass is 10.1. The lowest BCUT2D eigenvalue weighted by molar-refractivity contribution is -0.142. The molecule has 6 nitrogen and oxygen atoms in total. The number of hydrogen-bond donors (Lipinski definition) is 2. The van der Waals surface area contributed by atoms with E-state index in [2.05, 4.69) is 0 Å². The number of nitrogens with zero attached hydrogens (tertiary/aromatic N) is 1. The molecule has 0 saturated carbocycles. The van der Waals surface area contributed by atoms with E-state index in [1.165, 1.54) is 31.3 Å². The Labute approximate surface area is 112 Å². The Morgan fingerprint density at radius 3 is 2.05 bits per heavy atom. The standard InChI is InChI=1S/C12H17NO5S/c1-8(2)11(12(15)16)13(3)19(17,18)10-6-4-9(14)5-7-10/h4-8,11,14H,1-3H3,(H,15,16)/t11-/m1/s1. The molecular weight excluding hydrogens is 270 g/mol. The van der Waals surface area contributed by atoms with Crippen LogP contribution in [0.4, 0.5) is 0 Å². The molecule has 19 heavy (non-hydrogen) atoms. The summed E-state index contributed by atoms with van der Waals surface area (Å²) in [5.41, 5.74) is 0. The third-order valence-corrected chi connectivity index (χ3v) is 4.64. The summed E-state index contributed by atoms with van der Waals surface area (Å²) >= 11 is 0. The number of rotatable bonds is 5. The largest absolute Gasteiger partial charge is 0.508 e. The van der Waals surface area contributed by atoms with E-state index in [1.54, 1.807) is 13.8 Å². The van der Waals surface area contributed by atoms with Crippen molar-refractivity contribution in [2.24, 2.45) is 5.92 Å². The van der Waals surface area contributed by atoms with Gasteiger partial charge in [-0.15, -0.1) is 0 Å². The van der Waals surface area contributed by atoms with Gasteiger partial charge < -0.3 is 10.2 Å². The molecule has 0 radical (unpaired) electrons. The maximum Gasteiger partial charge on any atom is 0.322 e. The Kier molecular flexibility index (Phi) is 4.54. The summed E-state index contributed by atoms with van der Waals surface area (Å²) in [6.45, 7) is 3.28. The number of likely N-dealkylation sites (N-methyl/N-ethyl adjacent to an activating group) is 1. The Morgan fingerprint density at radius 2 is 1.68 bits per heavy atom. The fourth-order valence-corrected chi connectivity index (χ4v) is 3.24. The second-order valence-corrected chi connectivity index (χ2v) is 6.54. The van der Waals surface area contributed by atoms with Gasteiger partial charge >= 0.3 is 5.97 Å². The van der Waals surface area contributed by atoms with E-state index in [1.807, 2.05) is 0 Å². The van der Waals surface area contributed by atoms with E-state index in [9.17, 15) is 13.2 Å². The van der Waals surface area contributed by atoms with Gasteiger partial charge in [-0.05, 0) is 30.2 Å². The topological polar surface area (TPSA) is 94.9 Å². The van der Waals surface area contributed by atoms with Crippen LogP contribution in [0.5, 0.6) is 5.75 Å². The maximum absolute atomic E-state index is 12.3. The molecule has 0 unspecified atom stereocenters. The first-order valence-electron chi connectivity index (χ1n) is 5.67. The zero-order chi connectivity index (χ0) is 14.8. The van der Waals surface area contributed by atoms with Crippen LogP contribution < -0.4 is 0 Å². The van der Waals surface area contributed by atoms with Gasteiger partial charge in [0.15, 0.2) is 0 Å². The summed E-state index contributed by atoms with van der Waals surface area (Å²) in [6, 6.07) is 3.82. The fraction of sp³-hybridized carbons (Fsp3) is 0.417. The van der Waals surface area contributed by atoms with Crippen LogP contribution >= 0.6 is 0 Å². The van der Waals surface area contributed by atoms with Gasteiger partial charge in [0.2, 0.25) is 10.0 Å². The van der Waals surface area contributed by atoms with E-state index in [-0.39, 0.29) is 16.6 Å². The van der Waals surface area contributed by atoms with Crippen molar-refractivity contribution >= 4 is 16.0 Å². The number of aliphatic carboxylic acids is 1. The minimum absolute atomic E-state index is 0.0553. The molecule has 0 aliphatic carbocycles. The van der Waals surface area contributed by atoms with Crippen LogP contribution in [-0.4, -0.2) is 42.0 Å². The van der Waals surface area contributed by atoms with E-state index in [0.717, 1.165) is 4.31 Å². The van der Waals surface area contributed by atoms with Gasteiger partial charge in [0.05, 0.1) is 4.90 Å². The van der Waals surface area contributed by atoms with Gasteiger partial charge in [0.1, 0.15) is 11.8 Å². The molecule has 1 atom stereocenters. The highest BCUT2D eigenvalue weighted by Crippen LogP contribution is 2.22. The van der Waals surface area contributed by atoms with Crippen molar-refractivity contribution in [2.75, 3.05) is 7.05 Å². The summed E-state index contributed by atoms with van der Waals surface area (Å²) in [7, 11) is -2.67. The summed E-state index contributed by atoms with van der Waals surface area (Å²) in [5, 5.41) is 18.3. The number of carboxylic acid groups (broad SMARTS) is 1. The van der Waals surface area contributed by atoms with Crippen LogP contribution in [0, 0.1) is 5.92 Å². The van der Waals surface area contributed by atoms with Gasteiger partial charge in [-0.25, -0.2) is 8.42 Å². The zero-order valence-electron chi connectivity index (χ0n) is 10.9. The van der Waals surface area contributed by atoms with Crippen molar-refractivity contribution in [1.29, 1.82) is 0 Å². The number of phenolic OH excluding ortho intramolecular Hbond substituents is 1. The number of sulfonamides is 1. The molecule has 0 aromatic heterocycles. The SMILES string of the molecule is CC(C)[C@H](C(=O)O)N(C)S(=O)(=O)c1ccc(O)cc1. The molecule has 1 aromatic rings. The molecule has 1 rings (SSSR count). The Bertz CT molecular complexity index is 550. The van der Waals surface area contributed by atoms with Gasteiger partial charge in [0.25, 0.3) is 0 Å². The van der Waals surface area contributed by atoms with Crippen molar-refractivity contribution in [3.05, 3.63) is 24.3 Å². The predicted octanol–water partition coefficient (Wildman–Crippen LogP) is 1.12. The average Bonchev–Trinajstić information content (AvgIpc) is 2.28. The fourth-order valence-electron chi connectivity index (χ4n) is 1.79. The number of benzene rings is 1. The second-order valence-electron chi connectivity index (χ2n) is 4.54. The van der Waals surface area contributed by atoms with Crippen LogP contribution in [-0.2, 0) is 14.8 Å². The van der Waals surface area contributed by atoms with Gasteiger partial charge in [0, 0.05) is 7.05 Å². The highest BCUT2D eigenvalue weighted by Gasteiger charge is 2.34. The van der Waals surface area contributed by atoms with Gasteiger partial charge in [-0.3, -0.25) is 4.79 Å². The normalized spacial score (nSPS) is 13.7. The molecule has 0 bridgehead atoms. The molecule has 0 fully saturated rings. The van der Waals surface area contributed by atoms with E-state index in [4.69, 9.17) is 10.2 Å². The van der Waals surface area contributed by atoms with Crippen molar-refractivity contribution in [3.8, 4) is 5.75 Å². The Balaban J connectivity index is 3.19. The molecular formula is C12H17NO5S. The van der Waals surface area contributed by atoms with Crippen LogP contribution in [0.15, 0.2) is 29.2 Å². The number of hydrogen-bond acceptors (Lipinski definition) is 4. The zero-order valence-corrected chi connectivity index (χ0v) is 11.8. The molecule has 0 spiro atoms. The third-order valence-electron chi connectivity index (χ3n) is 2.79. The van der Waals surface area contributed by atoms with Crippen LogP contribution in [0.3, 0.4) is 0 Å². The molecule has 0 saturated heterocycles. The highest BCUT2D eigenvalue weighted by molar-refractivity contribution is 7.89. The summed E-state index contributed by atoms with van der Waals surface area (Å²) in [6.07, 6.45) is 0. The highest BCUT2D eigenvalue weighted by atomic mass is 32.2. The number of carboxylic acids is 1. The van der Waals surface area contributed by atoms with Crippen LogP contribution in [0.25, 0.3) is 0 Å². The maximum atomic E-state index is 12.3. The third kappa shape index (κ3) is 3.24. The minimum Gasteiger partial charge on any atom is -0.508 e. The van der Waals surface area contributed by atoms with E-state index < -0.39 is 22.0 Å².